The van der Waals surface area contributed by atoms with E-state index in [1.807, 2.05) is 0 Å². The smallest absolute Gasteiger partial charge is 0.474 e. The molecule has 0 heterocycles. The maximum Gasteiger partial charge on any atom is 0.474 e. The number of methoxy groups -OCH3 is 3. The first-order valence-electron chi connectivity index (χ1n) is 13.9. The molecule has 2 N–H and O–H groups in total. The molecule has 15 heteroatoms. The Kier molecular flexibility index (Phi) is 15.7. The maximum atomic E-state index is 13.0. The second-order valence-electron chi connectivity index (χ2n) is 9.11. The maximum absolute atomic E-state index is 13.0. The molecular formula is C29H42NO12PS. The van der Waals surface area contributed by atoms with Gasteiger partial charge < -0.3 is 29.4 Å². The Morgan fingerprint density at radius 1 is 0.886 bits per heavy atom. The molecule has 2 rings (SSSR count). The number of aliphatic hydroxyl groups is 1. The van der Waals surface area contributed by atoms with Gasteiger partial charge in [0, 0.05) is 5.41 Å². The van der Waals surface area contributed by atoms with Crippen molar-refractivity contribution in [1.29, 1.82) is 0 Å². The summed E-state index contributed by atoms with van der Waals surface area (Å²) in [5, 5.41) is 13.4. The van der Waals surface area contributed by atoms with Crippen LogP contribution in [0.2, 0.25) is 0 Å². The molecule has 0 radical (unpaired) electrons. The number of unbranched alkanes of at least 4 members (excludes halogenated alkanes) is 1. The minimum atomic E-state index is -3.75. The van der Waals surface area contributed by atoms with Crippen LogP contribution in [-0.2, 0) is 49.9 Å². The fraction of sp³-hybridized carbons (Fsp3) is 0.483. The van der Waals surface area contributed by atoms with Crippen molar-refractivity contribution in [1.82, 2.24) is 0 Å². The average molecular weight is 660 g/mol. The topological polar surface area (TPSA) is 165 Å². The number of ether oxygens (including phenoxy) is 4. The fourth-order valence-electron chi connectivity index (χ4n) is 3.90. The zero-order valence-corrected chi connectivity index (χ0v) is 27.4. The number of benzene rings is 2. The van der Waals surface area contributed by atoms with Crippen LogP contribution >= 0.6 is 7.82 Å². The third kappa shape index (κ3) is 12.1. The largest absolute Gasteiger partial charge is 0.496 e. The van der Waals surface area contributed by atoms with E-state index in [-0.39, 0.29) is 45.3 Å². The first kappa shape index (κ1) is 37.1. The quantitative estimate of drug-likeness (QED) is 0.108. The van der Waals surface area contributed by atoms with E-state index in [0.717, 1.165) is 5.41 Å². The van der Waals surface area contributed by atoms with Gasteiger partial charge in [0.05, 0.1) is 71.4 Å². The van der Waals surface area contributed by atoms with E-state index in [9.17, 15) is 22.9 Å². The number of rotatable bonds is 21. The van der Waals surface area contributed by atoms with E-state index in [0.29, 0.717) is 52.5 Å². The lowest BCUT2D eigenvalue weighted by Crippen LogP contribution is -2.18. The van der Waals surface area contributed by atoms with E-state index >= 15 is 0 Å². The minimum Gasteiger partial charge on any atom is -0.496 e. The monoisotopic (exact) mass is 659 g/mol. The van der Waals surface area contributed by atoms with E-state index in [2.05, 4.69) is 5.32 Å². The Hall–Kier alpha value is -3.13. The molecule has 0 amide bonds. The second-order valence-corrected chi connectivity index (χ2v) is 12.7. The first-order chi connectivity index (χ1) is 21.0. The molecule has 0 unspecified atom stereocenters. The molecule has 0 fully saturated rings. The molecule has 0 bridgehead atoms. The van der Waals surface area contributed by atoms with Crippen LogP contribution in [0.15, 0.2) is 35.7 Å². The molecule has 246 valence electrons. The highest BCUT2D eigenvalue weighted by atomic mass is 32.2. The highest BCUT2D eigenvalue weighted by Crippen LogP contribution is 2.49. The molecule has 0 aliphatic carbocycles. The van der Waals surface area contributed by atoms with Gasteiger partial charge in [0.1, 0.15) is 23.8 Å². The summed E-state index contributed by atoms with van der Waals surface area (Å²) in [5.41, 5.74) is 1.84. The number of esters is 1. The van der Waals surface area contributed by atoms with Gasteiger partial charge in [0.15, 0.2) is 9.84 Å². The van der Waals surface area contributed by atoms with E-state index in [1.165, 1.54) is 27.4 Å². The Bertz CT molecular complexity index is 1360. The third-order valence-electron chi connectivity index (χ3n) is 5.91. The zero-order chi connectivity index (χ0) is 32.6. The summed E-state index contributed by atoms with van der Waals surface area (Å²) in [6.45, 7) is 3.58. The molecule has 2 aromatic carbocycles. The number of hydrogen-bond acceptors (Lipinski definition) is 13. The number of nitrogens with one attached hydrogen (secondary N) is 1. The molecule has 13 nitrogen and oxygen atoms in total. The molecule has 0 aliphatic rings. The van der Waals surface area contributed by atoms with Gasteiger partial charge in [-0.1, -0.05) is 6.07 Å². The van der Waals surface area contributed by atoms with Crippen LogP contribution in [0, 0.1) is 0 Å². The van der Waals surface area contributed by atoms with Gasteiger partial charge in [-0.15, -0.1) is 0 Å². The van der Waals surface area contributed by atoms with Crippen molar-refractivity contribution in [3.63, 3.8) is 0 Å². The first-order valence-corrected chi connectivity index (χ1v) is 17.1. The Balaban J connectivity index is 1.96. The number of sulfone groups is 1. The summed E-state index contributed by atoms with van der Waals surface area (Å²) in [5.74, 6) is 0.263. The highest BCUT2D eigenvalue weighted by Gasteiger charge is 2.24. The predicted molar refractivity (Wildman–Crippen MR) is 166 cm³/mol. The second kappa shape index (κ2) is 18.6. The van der Waals surface area contributed by atoms with Crippen molar-refractivity contribution in [2.75, 3.05) is 59.6 Å². The standard InChI is InChI=1S/C29H42NO12PS/c1-6-40-43(33,41-7-2)42-14-9-8-13-39-29(32)19-30-25-16-22(10-11-26(25)36-3)21-44(34,35)15-12-24-27(37-4)17-23(20-31)18-28(24)38-5/h10-12,15-18,30-31H,6-9,13-14,19-21H2,1-5H3/b15-12+. The molecular weight excluding hydrogens is 617 g/mol. The lowest BCUT2D eigenvalue weighted by molar-refractivity contribution is -0.141. The summed E-state index contributed by atoms with van der Waals surface area (Å²) in [4.78, 5) is 12.3. The van der Waals surface area contributed by atoms with Crippen molar-refractivity contribution in [2.45, 2.75) is 39.0 Å². The van der Waals surface area contributed by atoms with Crippen LogP contribution in [0.1, 0.15) is 43.4 Å². The van der Waals surface area contributed by atoms with Crippen LogP contribution in [-0.4, -0.2) is 73.8 Å². The van der Waals surface area contributed by atoms with E-state index < -0.39 is 23.6 Å². The van der Waals surface area contributed by atoms with Crippen LogP contribution < -0.4 is 19.5 Å². The van der Waals surface area contributed by atoms with Crippen LogP contribution in [0.25, 0.3) is 6.08 Å². The van der Waals surface area contributed by atoms with Gasteiger partial charge in [0.25, 0.3) is 0 Å². The van der Waals surface area contributed by atoms with E-state index in [1.54, 1.807) is 44.2 Å². The van der Waals surface area contributed by atoms with Crippen molar-refractivity contribution < 1.29 is 55.4 Å². The normalized spacial score (nSPS) is 11.9. The van der Waals surface area contributed by atoms with Crippen LogP contribution in [0.5, 0.6) is 17.2 Å². The molecule has 0 saturated heterocycles. The van der Waals surface area contributed by atoms with Gasteiger partial charge in [-0.25, -0.2) is 13.0 Å². The summed E-state index contributed by atoms with van der Waals surface area (Å²) in [6.07, 6.45) is 2.32. The Morgan fingerprint density at radius 2 is 1.50 bits per heavy atom. The number of hydrogen-bond donors (Lipinski definition) is 2. The van der Waals surface area contributed by atoms with Crippen molar-refractivity contribution in [3.05, 3.63) is 52.4 Å². The Labute approximate surface area is 258 Å². The molecule has 0 aliphatic heterocycles. The fourth-order valence-corrected chi connectivity index (χ4v) is 6.19. The zero-order valence-electron chi connectivity index (χ0n) is 25.7. The van der Waals surface area contributed by atoms with Crippen molar-refractivity contribution in [2.24, 2.45) is 0 Å². The van der Waals surface area contributed by atoms with E-state index in [4.69, 9.17) is 32.5 Å². The van der Waals surface area contributed by atoms with Crippen LogP contribution in [0.3, 0.4) is 0 Å². The minimum absolute atomic E-state index is 0.117. The molecule has 2 aromatic rings. The number of carbonyl (C=O) groups excluding carboxylic acids is 1. The molecule has 0 spiro atoms. The molecule has 44 heavy (non-hydrogen) atoms. The lowest BCUT2D eigenvalue weighted by Gasteiger charge is -2.16. The predicted octanol–water partition coefficient (Wildman–Crippen LogP) is 4.72. The Morgan fingerprint density at radius 3 is 2.07 bits per heavy atom. The van der Waals surface area contributed by atoms with Gasteiger partial charge in [0.2, 0.25) is 0 Å². The molecule has 0 aromatic heterocycles. The van der Waals surface area contributed by atoms with Crippen LogP contribution in [0.4, 0.5) is 5.69 Å². The number of anilines is 1. The summed E-state index contributed by atoms with van der Waals surface area (Å²) in [6, 6.07) is 8.00. The third-order valence-corrected chi connectivity index (χ3v) is 8.84. The summed E-state index contributed by atoms with van der Waals surface area (Å²) in [7, 11) is -2.99. The van der Waals surface area contributed by atoms with Gasteiger partial charge in [-0.2, -0.15) is 0 Å². The molecule has 0 atom stereocenters. The molecule has 0 saturated carbocycles. The average Bonchev–Trinajstić information content (AvgIpc) is 3.00. The van der Waals surface area contributed by atoms with Gasteiger partial charge in [-0.05, 0) is 68.2 Å². The number of phosphoric ester groups is 1. The van der Waals surface area contributed by atoms with Crippen molar-refractivity contribution in [3.8, 4) is 17.2 Å². The van der Waals surface area contributed by atoms with Gasteiger partial charge >= 0.3 is 13.8 Å². The summed E-state index contributed by atoms with van der Waals surface area (Å²) < 4.78 is 74.8. The number of carbonyl (C=O) groups is 1. The van der Waals surface area contributed by atoms with Crippen molar-refractivity contribution >= 4 is 35.4 Å². The lowest BCUT2D eigenvalue weighted by atomic mass is 10.1. The SMILES string of the molecule is CCOP(=O)(OCC)OCCCCOC(=O)CNc1cc(CS(=O)(=O)/C=C/c2c(OC)cc(CO)cc2OC)ccc1OC. The number of aliphatic hydroxyl groups excluding tert-OH is 1. The summed E-state index contributed by atoms with van der Waals surface area (Å²) >= 11 is 0. The number of phosphoric acid groups is 1. The highest BCUT2D eigenvalue weighted by molar-refractivity contribution is 7.93. The van der Waals surface area contributed by atoms with Gasteiger partial charge in [-0.3, -0.25) is 18.4 Å².